The highest BCUT2D eigenvalue weighted by Crippen LogP contribution is 2.45. The van der Waals surface area contributed by atoms with Gasteiger partial charge in [-0.05, 0) is 56.4 Å². The second kappa shape index (κ2) is 10.4. The lowest BCUT2D eigenvalue weighted by Gasteiger charge is -2.53. The highest BCUT2D eigenvalue weighted by Gasteiger charge is 2.49. The smallest absolute Gasteiger partial charge is 0.263 e. The van der Waals surface area contributed by atoms with Gasteiger partial charge in [0.1, 0.15) is 0 Å². The molecule has 0 unspecified atom stereocenters. The highest BCUT2D eigenvalue weighted by molar-refractivity contribution is 6.31. The van der Waals surface area contributed by atoms with E-state index in [-0.39, 0.29) is 29.2 Å². The average molecular weight is 526 g/mol. The molecule has 0 radical (unpaired) electrons. The number of amides is 1. The number of pyridine rings is 3. The molecule has 3 aliphatic heterocycles. The molecule has 0 atom stereocenters. The Kier molecular flexibility index (Phi) is 7.20. The van der Waals surface area contributed by atoms with E-state index in [1.54, 1.807) is 29.0 Å². The van der Waals surface area contributed by atoms with Crippen LogP contribution in [0.4, 0.5) is 5.82 Å². The summed E-state index contributed by atoms with van der Waals surface area (Å²) >= 11 is 6.14. The normalized spacial score (nSPS) is 24.0. The Hall–Kier alpha value is -3.01. The lowest BCUT2D eigenvalue weighted by Crippen LogP contribution is -2.61. The van der Waals surface area contributed by atoms with E-state index in [0.717, 1.165) is 48.8 Å². The lowest BCUT2D eigenvalue weighted by atomic mass is 9.70. The summed E-state index contributed by atoms with van der Waals surface area (Å²) in [6, 6.07) is 8.86. The molecule has 6 heterocycles. The molecule has 3 aromatic heterocycles. The molecular weight excluding hydrogens is 494 g/mol. The summed E-state index contributed by atoms with van der Waals surface area (Å²) in [7, 11) is 0. The summed E-state index contributed by atoms with van der Waals surface area (Å²) in [6.45, 7) is 5.79. The lowest BCUT2D eigenvalue weighted by molar-refractivity contribution is -0.167. The number of carbonyl (C=O) groups excluding carboxylic acids is 1. The van der Waals surface area contributed by atoms with Crippen molar-refractivity contribution >= 4 is 34.4 Å². The van der Waals surface area contributed by atoms with Crippen LogP contribution in [0.2, 0.25) is 5.02 Å². The van der Waals surface area contributed by atoms with E-state index in [2.05, 4.69) is 20.6 Å². The van der Waals surface area contributed by atoms with Gasteiger partial charge in [-0.3, -0.25) is 14.6 Å². The maximum Gasteiger partial charge on any atom is 0.263 e. The summed E-state index contributed by atoms with van der Waals surface area (Å²) in [5, 5.41) is 6.94. The van der Waals surface area contributed by atoms with Crippen LogP contribution in [0.25, 0.3) is 11.0 Å². The summed E-state index contributed by atoms with van der Waals surface area (Å²) in [5.74, 6) is 0.877. The molecule has 3 aromatic rings. The van der Waals surface area contributed by atoms with E-state index in [4.69, 9.17) is 21.1 Å². The number of fused-ring (bicyclic) bond motifs is 5. The van der Waals surface area contributed by atoms with E-state index in [1.165, 1.54) is 0 Å². The third-order valence-electron chi connectivity index (χ3n) is 7.55. The number of anilines is 1. The second-order valence-corrected chi connectivity index (χ2v) is 10.2. The molecule has 1 aliphatic carbocycles. The number of carbonyl (C=O) groups is 1. The number of hydrogen-bond acceptors (Lipinski definition) is 7. The number of aromatic nitrogens is 3. The van der Waals surface area contributed by atoms with Gasteiger partial charge in [0, 0.05) is 30.9 Å². The number of nitrogens with one attached hydrogen (secondary N) is 2. The van der Waals surface area contributed by atoms with Crippen molar-refractivity contribution < 1.29 is 14.3 Å². The molecule has 3 fully saturated rings. The SMILES string of the molecule is CC.O=C1COc2ccc(CNC34CCC(CCn5c(=O)ccc6ncc(Cl)cc65)(CC3)OC4)nc2N1. The number of halogens is 1. The van der Waals surface area contributed by atoms with Gasteiger partial charge >= 0.3 is 0 Å². The molecule has 10 heteroatoms. The van der Waals surface area contributed by atoms with Crippen LogP contribution in [-0.4, -0.2) is 44.8 Å². The highest BCUT2D eigenvalue weighted by atomic mass is 35.5. The van der Waals surface area contributed by atoms with E-state index in [0.29, 0.717) is 36.3 Å². The fraction of sp³-hybridized carbons (Fsp3) is 0.481. The van der Waals surface area contributed by atoms with Crippen molar-refractivity contribution in [2.45, 2.75) is 70.2 Å². The first-order valence-corrected chi connectivity index (χ1v) is 13.3. The zero-order valence-electron chi connectivity index (χ0n) is 21.2. The van der Waals surface area contributed by atoms with Crippen molar-refractivity contribution in [3.05, 3.63) is 57.6 Å². The minimum absolute atomic E-state index is 0.0221. The van der Waals surface area contributed by atoms with Gasteiger partial charge in [-0.1, -0.05) is 25.4 Å². The maximum atomic E-state index is 12.6. The zero-order valence-corrected chi connectivity index (χ0v) is 21.9. The Balaban J connectivity index is 0.00000137. The van der Waals surface area contributed by atoms with Crippen molar-refractivity contribution in [3.63, 3.8) is 0 Å². The largest absolute Gasteiger partial charge is 0.480 e. The predicted molar refractivity (Wildman–Crippen MR) is 142 cm³/mol. The van der Waals surface area contributed by atoms with Gasteiger partial charge in [0.05, 0.1) is 34.0 Å². The minimum atomic E-state index is -0.220. The van der Waals surface area contributed by atoms with Crippen LogP contribution < -0.4 is 20.9 Å². The summed E-state index contributed by atoms with van der Waals surface area (Å²) in [6.07, 6.45) is 6.21. The molecule has 4 aliphatic rings. The molecule has 2 bridgehead atoms. The summed E-state index contributed by atoms with van der Waals surface area (Å²) in [5.41, 5.74) is 1.98. The van der Waals surface area contributed by atoms with Crippen LogP contribution in [0, 0.1) is 0 Å². The van der Waals surface area contributed by atoms with Gasteiger partial charge in [-0.15, -0.1) is 0 Å². The molecule has 0 aromatic carbocycles. The quantitative estimate of drug-likeness (QED) is 0.499. The van der Waals surface area contributed by atoms with Crippen molar-refractivity contribution in [2.75, 3.05) is 18.5 Å². The second-order valence-electron chi connectivity index (χ2n) is 9.72. The summed E-state index contributed by atoms with van der Waals surface area (Å²) < 4.78 is 13.6. The van der Waals surface area contributed by atoms with Crippen LogP contribution in [0.3, 0.4) is 0 Å². The molecule has 0 spiro atoms. The fourth-order valence-corrected chi connectivity index (χ4v) is 5.54. The topological polar surface area (TPSA) is 107 Å². The summed E-state index contributed by atoms with van der Waals surface area (Å²) in [4.78, 5) is 33.1. The Morgan fingerprint density at radius 2 is 1.95 bits per heavy atom. The van der Waals surface area contributed by atoms with Gasteiger partial charge < -0.3 is 24.7 Å². The van der Waals surface area contributed by atoms with Gasteiger partial charge in [0.25, 0.3) is 11.5 Å². The molecule has 1 saturated carbocycles. The number of rotatable bonds is 6. The molecule has 37 heavy (non-hydrogen) atoms. The van der Waals surface area contributed by atoms with Gasteiger partial charge in [-0.25, -0.2) is 4.98 Å². The van der Waals surface area contributed by atoms with Crippen LogP contribution in [0.1, 0.15) is 51.6 Å². The van der Waals surface area contributed by atoms with Crippen LogP contribution >= 0.6 is 11.6 Å². The molecule has 2 saturated heterocycles. The Bertz CT molecular complexity index is 1350. The fourth-order valence-electron chi connectivity index (χ4n) is 5.38. The predicted octanol–water partition coefficient (Wildman–Crippen LogP) is 4.06. The van der Waals surface area contributed by atoms with Gasteiger partial charge in [0.15, 0.2) is 18.2 Å². The van der Waals surface area contributed by atoms with Crippen molar-refractivity contribution in [2.24, 2.45) is 0 Å². The first-order valence-electron chi connectivity index (χ1n) is 12.9. The van der Waals surface area contributed by atoms with Crippen molar-refractivity contribution in [1.29, 1.82) is 0 Å². The van der Waals surface area contributed by atoms with E-state index >= 15 is 0 Å². The molecular formula is C27H32ClN5O4. The van der Waals surface area contributed by atoms with Gasteiger partial charge in [0.2, 0.25) is 0 Å². The third-order valence-corrected chi connectivity index (χ3v) is 7.75. The van der Waals surface area contributed by atoms with Crippen LogP contribution in [0.5, 0.6) is 5.75 Å². The molecule has 7 rings (SSSR count). The monoisotopic (exact) mass is 525 g/mol. The molecule has 196 valence electrons. The first kappa shape index (κ1) is 25.6. The van der Waals surface area contributed by atoms with Crippen molar-refractivity contribution in [1.82, 2.24) is 19.9 Å². The Morgan fingerprint density at radius 3 is 2.70 bits per heavy atom. The molecule has 2 N–H and O–H groups in total. The standard InChI is InChI=1S/C25H26ClN5O4.C2H6/c26-16-11-19-18(27-12-16)2-4-22(33)31(19)10-9-25-7-5-24(6-8-25,15-35-25)28-13-17-1-3-20-23(29-17)30-21(32)14-34-20;1-2/h1-4,11-12,28H,5-10,13-15H2,(H,29,30,32);1-2H3. The number of hydrogen-bond donors (Lipinski definition) is 2. The Labute approximate surface area is 220 Å². The van der Waals surface area contributed by atoms with Crippen LogP contribution in [0.15, 0.2) is 41.3 Å². The van der Waals surface area contributed by atoms with E-state index < -0.39 is 0 Å². The maximum absolute atomic E-state index is 12.6. The Morgan fingerprint density at radius 1 is 1.14 bits per heavy atom. The average Bonchev–Trinajstić information content (AvgIpc) is 2.93. The van der Waals surface area contributed by atoms with Crippen LogP contribution in [-0.2, 0) is 22.6 Å². The van der Waals surface area contributed by atoms with Crippen molar-refractivity contribution in [3.8, 4) is 5.75 Å². The first-order chi connectivity index (χ1) is 17.9. The minimum Gasteiger partial charge on any atom is -0.480 e. The third kappa shape index (κ3) is 5.21. The van der Waals surface area contributed by atoms with E-state index in [1.807, 2.05) is 26.0 Å². The number of ether oxygens (including phenoxy) is 2. The zero-order chi connectivity index (χ0) is 26.0. The van der Waals surface area contributed by atoms with E-state index in [9.17, 15) is 9.59 Å². The molecule has 1 amide bonds. The number of nitrogens with zero attached hydrogens (tertiary/aromatic N) is 3. The molecule has 9 nitrogen and oxygen atoms in total. The number of aryl methyl sites for hydroxylation is 1. The van der Waals surface area contributed by atoms with Gasteiger partial charge in [-0.2, -0.15) is 0 Å².